The lowest BCUT2D eigenvalue weighted by atomic mass is 10.2. The normalized spacial score (nSPS) is 12.9. The Morgan fingerprint density at radius 2 is 1.76 bits per heavy atom. The molecule has 94 valence electrons. The highest BCUT2D eigenvalue weighted by Gasteiger charge is 2.22. The minimum atomic E-state index is -1.41. The minimum absolute atomic E-state index is 0.346. The highest BCUT2D eigenvalue weighted by atomic mass is 32.2. The van der Waals surface area contributed by atoms with E-state index in [0.717, 1.165) is 0 Å². The van der Waals surface area contributed by atoms with Gasteiger partial charge in [0, 0.05) is 5.56 Å². The van der Waals surface area contributed by atoms with Gasteiger partial charge in [-0.1, -0.05) is 0 Å². The van der Waals surface area contributed by atoms with Crippen molar-refractivity contribution in [3.63, 3.8) is 0 Å². The van der Waals surface area contributed by atoms with Gasteiger partial charge >= 0.3 is 0 Å². The Bertz CT molecular complexity index is 420. The summed E-state index contributed by atoms with van der Waals surface area (Å²) in [6, 6.07) is 6.64. The van der Waals surface area contributed by atoms with Gasteiger partial charge in [-0.15, -0.1) is 0 Å². The van der Waals surface area contributed by atoms with E-state index < -0.39 is 15.7 Å². The Balaban J connectivity index is 2.73. The average Bonchev–Trinajstić information content (AvgIpc) is 2.27. The number of nitrogens with one attached hydrogen (secondary N) is 1. The van der Waals surface area contributed by atoms with Crippen molar-refractivity contribution in [2.24, 2.45) is 0 Å². The number of benzene rings is 1. The van der Waals surface area contributed by atoms with E-state index in [1.54, 1.807) is 52.1 Å². The summed E-state index contributed by atoms with van der Waals surface area (Å²) in [5.41, 5.74) is 0.461. The highest BCUT2D eigenvalue weighted by molar-refractivity contribution is 7.85. The van der Waals surface area contributed by atoms with Crippen LogP contribution in [0, 0.1) is 0 Å². The third-order valence-electron chi connectivity index (χ3n) is 2.09. The lowest BCUT2D eigenvalue weighted by Gasteiger charge is -2.17. The summed E-state index contributed by atoms with van der Waals surface area (Å²) in [6.07, 6.45) is 0. The zero-order valence-electron chi connectivity index (χ0n) is 10.4. The Kier molecular flexibility index (Phi) is 4.28. The number of methoxy groups -OCH3 is 1. The number of hydrogen-bond donors (Lipinski definition) is 1. The van der Waals surface area contributed by atoms with E-state index in [4.69, 9.17) is 4.74 Å². The van der Waals surface area contributed by atoms with Crippen LogP contribution in [0.2, 0.25) is 0 Å². The SMILES string of the molecule is COc1ccc(C(=O)NS(=O)C(C)(C)C)cc1. The molecule has 0 aliphatic carbocycles. The van der Waals surface area contributed by atoms with Crippen molar-refractivity contribution >= 4 is 16.9 Å². The second-order valence-electron chi connectivity index (χ2n) is 4.54. The van der Waals surface area contributed by atoms with Crippen molar-refractivity contribution in [3.8, 4) is 5.75 Å². The molecule has 0 heterocycles. The van der Waals surface area contributed by atoms with Crippen LogP contribution in [0.15, 0.2) is 24.3 Å². The van der Waals surface area contributed by atoms with Crippen LogP contribution >= 0.6 is 0 Å². The first-order valence-corrected chi connectivity index (χ1v) is 6.36. The molecule has 0 saturated carbocycles. The molecular formula is C12H17NO3S. The van der Waals surface area contributed by atoms with Crippen molar-refractivity contribution in [1.29, 1.82) is 0 Å². The van der Waals surface area contributed by atoms with Gasteiger partial charge in [-0.2, -0.15) is 0 Å². The topological polar surface area (TPSA) is 55.4 Å². The molecule has 0 aliphatic heterocycles. The van der Waals surface area contributed by atoms with Crippen molar-refractivity contribution in [1.82, 2.24) is 4.72 Å². The van der Waals surface area contributed by atoms with Crippen molar-refractivity contribution < 1.29 is 13.7 Å². The second kappa shape index (κ2) is 5.31. The molecular weight excluding hydrogens is 238 g/mol. The molecule has 0 radical (unpaired) electrons. The van der Waals surface area contributed by atoms with Crippen LogP contribution in [0.4, 0.5) is 0 Å². The van der Waals surface area contributed by atoms with Gasteiger partial charge in [-0.3, -0.25) is 9.52 Å². The van der Waals surface area contributed by atoms with E-state index in [1.165, 1.54) is 0 Å². The maximum absolute atomic E-state index is 11.8. The lowest BCUT2D eigenvalue weighted by Crippen LogP contribution is -2.37. The van der Waals surface area contributed by atoms with E-state index in [1.807, 2.05) is 0 Å². The monoisotopic (exact) mass is 255 g/mol. The molecule has 1 aromatic rings. The molecule has 0 fully saturated rings. The molecule has 1 N–H and O–H groups in total. The van der Waals surface area contributed by atoms with Crippen LogP contribution in [0.5, 0.6) is 5.75 Å². The highest BCUT2D eigenvalue weighted by Crippen LogP contribution is 2.13. The number of hydrogen-bond acceptors (Lipinski definition) is 3. The quantitative estimate of drug-likeness (QED) is 0.897. The summed E-state index contributed by atoms with van der Waals surface area (Å²) in [7, 11) is 0.153. The first kappa shape index (κ1) is 13.7. The van der Waals surface area contributed by atoms with Gasteiger partial charge in [0.25, 0.3) is 5.91 Å². The van der Waals surface area contributed by atoms with Crippen LogP contribution < -0.4 is 9.46 Å². The number of carbonyl (C=O) groups excluding carboxylic acids is 1. The maximum atomic E-state index is 11.8. The van der Waals surface area contributed by atoms with Crippen LogP contribution in [0.1, 0.15) is 31.1 Å². The van der Waals surface area contributed by atoms with Gasteiger partial charge in [-0.05, 0) is 45.0 Å². The van der Waals surface area contributed by atoms with Gasteiger partial charge in [0.05, 0.1) is 11.9 Å². The minimum Gasteiger partial charge on any atom is -0.497 e. The number of carbonyl (C=O) groups is 1. The standard InChI is InChI=1S/C12H17NO3S/c1-12(2,3)17(15)13-11(14)9-5-7-10(16-4)8-6-9/h5-8H,1-4H3,(H,13,14). The third kappa shape index (κ3) is 3.85. The van der Waals surface area contributed by atoms with E-state index >= 15 is 0 Å². The smallest absolute Gasteiger partial charge is 0.262 e. The molecule has 0 aromatic heterocycles. The van der Waals surface area contributed by atoms with E-state index in [0.29, 0.717) is 11.3 Å². The molecule has 1 atom stereocenters. The first-order chi connectivity index (χ1) is 7.84. The Morgan fingerprint density at radius 1 is 1.24 bits per heavy atom. The predicted octanol–water partition coefficient (Wildman–Crippen LogP) is 1.89. The number of amides is 1. The fraction of sp³-hybridized carbons (Fsp3) is 0.417. The lowest BCUT2D eigenvalue weighted by molar-refractivity contribution is 0.0982. The second-order valence-corrected chi connectivity index (χ2v) is 6.51. The molecule has 1 amide bonds. The third-order valence-corrected chi connectivity index (χ3v) is 3.58. The van der Waals surface area contributed by atoms with Gasteiger partial charge in [0.1, 0.15) is 16.7 Å². The summed E-state index contributed by atoms with van der Waals surface area (Å²) in [4.78, 5) is 11.8. The van der Waals surface area contributed by atoms with E-state index in [2.05, 4.69) is 4.72 Å². The van der Waals surface area contributed by atoms with Gasteiger partial charge < -0.3 is 4.74 Å². The van der Waals surface area contributed by atoms with Crippen molar-refractivity contribution in [2.45, 2.75) is 25.5 Å². The van der Waals surface area contributed by atoms with Crippen molar-refractivity contribution in [2.75, 3.05) is 7.11 Å². The van der Waals surface area contributed by atoms with Crippen LogP contribution in [-0.4, -0.2) is 22.0 Å². The fourth-order valence-electron chi connectivity index (χ4n) is 1.04. The molecule has 1 aromatic carbocycles. The molecule has 0 aliphatic rings. The maximum Gasteiger partial charge on any atom is 0.262 e. The number of ether oxygens (including phenoxy) is 1. The van der Waals surface area contributed by atoms with Crippen LogP contribution in [0.3, 0.4) is 0 Å². The molecule has 5 heteroatoms. The molecule has 17 heavy (non-hydrogen) atoms. The van der Waals surface area contributed by atoms with Gasteiger partial charge in [0.2, 0.25) is 0 Å². The average molecular weight is 255 g/mol. The van der Waals surface area contributed by atoms with Crippen molar-refractivity contribution in [3.05, 3.63) is 29.8 Å². The largest absolute Gasteiger partial charge is 0.497 e. The molecule has 1 rings (SSSR count). The molecule has 1 unspecified atom stereocenters. The molecule has 4 nitrogen and oxygen atoms in total. The summed E-state index contributed by atoms with van der Waals surface area (Å²) in [5.74, 6) is 0.333. The Hall–Kier alpha value is -1.36. The van der Waals surface area contributed by atoms with Crippen LogP contribution in [-0.2, 0) is 11.0 Å². The Labute approximate surface area is 104 Å². The zero-order valence-corrected chi connectivity index (χ0v) is 11.3. The zero-order chi connectivity index (χ0) is 13.1. The van der Waals surface area contributed by atoms with Gasteiger partial charge in [-0.25, -0.2) is 4.21 Å². The first-order valence-electron chi connectivity index (χ1n) is 5.21. The fourth-order valence-corrected chi connectivity index (χ4v) is 1.63. The molecule has 0 bridgehead atoms. The summed E-state index contributed by atoms with van der Waals surface area (Å²) in [6.45, 7) is 5.41. The predicted molar refractivity (Wildman–Crippen MR) is 68.4 cm³/mol. The summed E-state index contributed by atoms with van der Waals surface area (Å²) < 4.78 is 18.7. The molecule has 0 spiro atoms. The van der Waals surface area contributed by atoms with Gasteiger partial charge in [0.15, 0.2) is 0 Å². The van der Waals surface area contributed by atoms with E-state index in [-0.39, 0.29) is 5.91 Å². The van der Waals surface area contributed by atoms with Crippen LogP contribution in [0.25, 0.3) is 0 Å². The summed E-state index contributed by atoms with van der Waals surface area (Å²) >= 11 is 0. The summed E-state index contributed by atoms with van der Waals surface area (Å²) in [5, 5.41) is 0. The number of rotatable bonds is 3. The Morgan fingerprint density at radius 3 is 2.18 bits per heavy atom. The molecule has 0 saturated heterocycles. The van der Waals surface area contributed by atoms with E-state index in [9.17, 15) is 9.00 Å².